The van der Waals surface area contributed by atoms with Crippen molar-refractivity contribution >= 4 is 23.2 Å². The Morgan fingerprint density at radius 2 is 1.68 bits per heavy atom. The molecule has 134 valence electrons. The van der Waals surface area contributed by atoms with Gasteiger partial charge in [0.2, 0.25) is 5.28 Å². The van der Waals surface area contributed by atoms with E-state index in [0.29, 0.717) is 6.20 Å². The molecule has 2 aromatic rings. The number of hydrogen-bond acceptors (Lipinski definition) is 4. The molecule has 0 spiro atoms. The lowest BCUT2D eigenvalue weighted by molar-refractivity contribution is -0.274. The molecule has 0 unspecified atom stereocenters. The van der Waals surface area contributed by atoms with Crippen LogP contribution in [0.15, 0.2) is 30.5 Å². The predicted molar refractivity (Wildman–Crippen MR) is 73.1 cm³/mol. The van der Waals surface area contributed by atoms with Gasteiger partial charge in [-0.25, -0.2) is 9.97 Å². The van der Waals surface area contributed by atoms with Gasteiger partial charge in [-0.15, -0.1) is 13.2 Å². The Hall–Kier alpha value is -2.56. The van der Waals surface area contributed by atoms with Crippen LogP contribution in [0.4, 0.5) is 32.0 Å². The molecule has 12 heteroatoms. The van der Waals surface area contributed by atoms with E-state index < -0.39 is 40.7 Å². The summed E-state index contributed by atoms with van der Waals surface area (Å²) in [6, 6.07) is 3.80. The van der Waals surface area contributed by atoms with E-state index in [-0.39, 0.29) is 5.69 Å². The Balaban J connectivity index is 2.20. The number of aromatic nitrogens is 2. The topological polar surface area (TPSA) is 64.1 Å². The van der Waals surface area contributed by atoms with Gasteiger partial charge in [0.1, 0.15) is 5.75 Å². The summed E-state index contributed by atoms with van der Waals surface area (Å²) in [6.45, 7) is 0. The normalized spacial score (nSPS) is 12.0. The number of carbonyl (C=O) groups is 1. The van der Waals surface area contributed by atoms with Gasteiger partial charge >= 0.3 is 12.5 Å². The molecule has 1 aromatic heterocycles. The highest BCUT2D eigenvalue weighted by molar-refractivity contribution is 6.28. The minimum absolute atomic E-state index is 0.0670. The second-order valence-electron chi connectivity index (χ2n) is 4.43. The minimum atomic E-state index is -4.95. The van der Waals surface area contributed by atoms with Crippen LogP contribution in [0.25, 0.3) is 0 Å². The summed E-state index contributed by atoms with van der Waals surface area (Å²) >= 11 is 5.30. The molecule has 1 aromatic carbocycles. The number of halogens is 7. The lowest BCUT2D eigenvalue weighted by Gasteiger charge is -2.12. The first-order valence-corrected chi connectivity index (χ1v) is 6.60. The highest BCUT2D eigenvalue weighted by Crippen LogP contribution is 2.31. The fourth-order valence-electron chi connectivity index (χ4n) is 1.68. The van der Waals surface area contributed by atoms with Crippen molar-refractivity contribution in [1.29, 1.82) is 0 Å². The van der Waals surface area contributed by atoms with Crippen LogP contribution in [0.3, 0.4) is 0 Å². The molecule has 0 saturated heterocycles. The van der Waals surface area contributed by atoms with Crippen LogP contribution >= 0.6 is 11.6 Å². The summed E-state index contributed by atoms with van der Waals surface area (Å²) in [5.41, 5.74) is -2.50. The largest absolute Gasteiger partial charge is 0.573 e. The van der Waals surface area contributed by atoms with Gasteiger partial charge in [0, 0.05) is 11.9 Å². The van der Waals surface area contributed by atoms with Gasteiger partial charge in [0.25, 0.3) is 5.91 Å². The van der Waals surface area contributed by atoms with E-state index in [1.807, 2.05) is 0 Å². The highest BCUT2D eigenvalue weighted by atomic mass is 35.5. The molecule has 0 aliphatic carbocycles. The van der Waals surface area contributed by atoms with Crippen LogP contribution < -0.4 is 10.1 Å². The molecule has 1 amide bonds. The van der Waals surface area contributed by atoms with Gasteiger partial charge < -0.3 is 10.1 Å². The lowest BCUT2D eigenvalue weighted by Crippen LogP contribution is -2.21. The first kappa shape index (κ1) is 18.8. The predicted octanol–water partition coefficient (Wildman–Crippen LogP) is 4.30. The summed E-state index contributed by atoms with van der Waals surface area (Å²) in [5.74, 6) is -1.77. The third kappa shape index (κ3) is 5.21. The van der Waals surface area contributed by atoms with Crippen molar-refractivity contribution in [1.82, 2.24) is 9.97 Å². The fourth-order valence-corrected chi connectivity index (χ4v) is 1.81. The van der Waals surface area contributed by atoms with E-state index in [4.69, 9.17) is 11.6 Å². The average Bonchev–Trinajstić information content (AvgIpc) is 2.46. The quantitative estimate of drug-likeness (QED) is 0.632. The van der Waals surface area contributed by atoms with E-state index in [1.54, 1.807) is 0 Å². The van der Waals surface area contributed by atoms with E-state index >= 15 is 0 Å². The first-order valence-electron chi connectivity index (χ1n) is 6.22. The zero-order valence-electron chi connectivity index (χ0n) is 11.7. The van der Waals surface area contributed by atoms with Crippen LogP contribution in [-0.2, 0) is 6.18 Å². The summed E-state index contributed by atoms with van der Waals surface area (Å²) in [5, 5.41) is 1.38. The summed E-state index contributed by atoms with van der Waals surface area (Å²) < 4.78 is 78.4. The molecule has 2 rings (SSSR count). The van der Waals surface area contributed by atoms with Gasteiger partial charge in [-0.1, -0.05) is 0 Å². The molecule has 0 aliphatic rings. The average molecular weight is 386 g/mol. The minimum Gasteiger partial charge on any atom is -0.406 e. The van der Waals surface area contributed by atoms with Crippen LogP contribution in [0.5, 0.6) is 5.75 Å². The SMILES string of the molecule is O=C(Nc1ccc(OC(F)(F)F)cc1)c1cnc(Cl)nc1C(F)(F)F. The van der Waals surface area contributed by atoms with Crippen LogP contribution in [-0.4, -0.2) is 22.2 Å². The van der Waals surface area contributed by atoms with Gasteiger partial charge in [0.05, 0.1) is 5.56 Å². The van der Waals surface area contributed by atoms with E-state index in [1.165, 1.54) is 0 Å². The van der Waals surface area contributed by atoms with Crippen LogP contribution in [0.2, 0.25) is 5.28 Å². The number of ether oxygens (including phenoxy) is 1. The molecular formula is C13H6ClF6N3O2. The van der Waals surface area contributed by atoms with Crippen molar-refractivity contribution in [2.75, 3.05) is 5.32 Å². The number of nitrogens with zero attached hydrogens (tertiary/aromatic N) is 2. The zero-order valence-corrected chi connectivity index (χ0v) is 12.5. The monoisotopic (exact) mass is 385 g/mol. The first-order chi connectivity index (χ1) is 11.5. The molecule has 1 N–H and O–H groups in total. The Kier molecular flexibility index (Phi) is 5.07. The Labute approximate surface area is 140 Å². The number of anilines is 1. The summed E-state index contributed by atoms with van der Waals surface area (Å²) in [4.78, 5) is 18.3. The Morgan fingerprint density at radius 3 is 2.20 bits per heavy atom. The van der Waals surface area contributed by atoms with Crippen LogP contribution in [0, 0.1) is 0 Å². The molecular weight excluding hydrogens is 380 g/mol. The number of benzene rings is 1. The van der Waals surface area contributed by atoms with Crippen molar-refractivity contribution in [3.63, 3.8) is 0 Å². The number of hydrogen-bond donors (Lipinski definition) is 1. The van der Waals surface area contributed by atoms with E-state index in [0.717, 1.165) is 24.3 Å². The smallest absolute Gasteiger partial charge is 0.406 e. The Bertz CT molecular complexity index is 777. The third-order valence-corrected chi connectivity index (χ3v) is 2.80. The van der Waals surface area contributed by atoms with Crippen molar-refractivity contribution in [2.45, 2.75) is 12.5 Å². The van der Waals surface area contributed by atoms with E-state index in [9.17, 15) is 31.1 Å². The maximum absolute atomic E-state index is 12.9. The number of amides is 1. The standard InChI is InChI=1S/C13H6ClF6N3O2/c14-11-21-5-8(9(23-11)12(15,16)17)10(24)22-6-1-3-7(4-2-6)25-13(18,19)20/h1-5H,(H,22,24). The number of carbonyl (C=O) groups excluding carboxylic acids is 1. The summed E-state index contributed by atoms with van der Waals surface area (Å²) in [7, 11) is 0. The van der Waals surface area contributed by atoms with Crippen molar-refractivity contribution in [3.05, 3.63) is 47.0 Å². The molecule has 0 aliphatic heterocycles. The van der Waals surface area contributed by atoms with Gasteiger partial charge in [-0.3, -0.25) is 4.79 Å². The molecule has 0 fully saturated rings. The van der Waals surface area contributed by atoms with Crippen molar-refractivity contribution < 1.29 is 35.9 Å². The molecule has 25 heavy (non-hydrogen) atoms. The van der Waals surface area contributed by atoms with Gasteiger partial charge in [-0.2, -0.15) is 13.2 Å². The third-order valence-electron chi connectivity index (χ3n) is 2.62. The van der Waals surface area contributed by atoms with Crippen LogP contribution in [0.1, 0.15) is 16.1 Å². The maximum atomic E-state index is 12.9. The zero-order chi connectivity index (χ0) is 18.8. The molecule has 0 atom stereocenters. The molecule has 0 bridgehead atoms. The number of nitrogens with one attached hydrogen (secondary N) is 1. The number of alkyl halides is 6. The van der Waals surface area contributed by atoms with Gasteiger partial charge in [-0.05, 0) is 35.9 Å². The molecule has 0 saturated carbocycles. The lowest BCUT2D eigenvalue weighted by atomic mass is 10.2. The second kappa shape index (κ2) is 6.75. The molecule has 5 nitrogen and oxygen atoms in total. The molecule has 0 radical (unpaired) electrons. The Morgan fingerprint density at radius 1 is 1.08 bits per heavy atom. The maximum Gasteiger partial charge on any atom is 0.573 e. The van der Waals surface area contributed by atoms with E-state index in [2.05, 4.69) is 20.0 Å². The summed E-state index contributed by atoms with van der Waals surface area (Å²) in [6.07, 6.45) is -9.26. The van der Waals surface area contributed by atoms with Crippen molar-refractivity contribution in [3.8, 4) is 5.75 Å². The second-order valence-corrected chi connectivity index (χ2v) is 4.76. The molecule has 1 heterocycles. The van der Waals surface area contributed by atoms with Crippen molar-refractivity contribution in [2.24, 2.45) is 0 Å². The van der Waals surface area contributed by atoms with Gasteiger partial charge in [0.15, 0.2) is 5.69 Å². The number of rotatable bonds is 3. The fraction of sp³-hybridized carbons (Fsp3) is 0.154. The highest BCUT2D eigenvalue weighted by Gasteiger charge is 2.38.